The Kier molecular flexibility index (Phi) is 4.66. The number of nitro groups is 1. The summed E-state index contributed by atoms with van der Waals surface area (Å²) in [5.41, 5.74) is 0.974. The predicted octanol–water partition coefficient (Wildman–Crippen LogP) is 3.37. The molecule has 2 aromatic rings. The minimum Gasteiger partial charge on any atom is -0.461 e. The lowest BCUT2D eigenvalue weighted by atomic mass is 10.1. The molecule has 7 nitrogen and oxygen atoms in total. The molecule has 2 aliphatic heterocycles. The SMILES string of the molecule is O=[N+]([O-])c1ccc(O[C@H]2C=C[C@@H]3OC(c4ccccc4)OC[C@H]3O2)cc1. The van der Waals surface area contributed by atoms with E-state index in [4.69, 9.17) is 18.9 Å². The van der Waals surface area contributed by atoms with E-state index in [9.17, 15) is 10.1 Å². The quantitative estimate of drug-likeness (QED) is 0.475. The maximum Gasteiger partial charge on any atom is 0.269 e. The molecule has 1 fully saturated rings. The molecule has 0 amide bonds. The van der Waals surface area contributed by atoms with Gasteiger partial charge >= 0.3 is 0 Å². The third-order valence-corrected chi connectivity index (χ3v) is 4.20. The van der Waals surface area contributed by atoms with Crippen LogP contribution in [0.2, 0.25) is 0 Å². The second-order valence-electron chi connectivity index (χ2n) is 5.97. The van der Waals surface area contributed by atoms with E-state index in [2.05, 4.69) is 0 Å². The van der Waals surface area contributed by atoms with Gasteiger partial charge in [0.25, 0.3) is 5.69 Å². The van der Waals surface area contributed by atoms with Crippen molar-refractivity contribution >= 4 is 5.69 Å². The zero-order valence-electron chi connectivity index (χ0n) is 13.8. The third-order valence-electron chi connectivity index (χ3n) is 4.20. The Labute approximate surface area is 149 Å². The van der Waals surface area contributed by atoms with Crippen molar-refractivity contribution in [2.45, 2.75) is 24.8 Å². The second kappa shape index (κ2) is 7.25. The highest BCUT2D eigenvalue weighted by Gasteiger charge is 2.36. The monoisotopic (exact) mass is 355 g/mol. The van der Waals surface area contributed by atoms with E-state index >= 15 is 0 Å². The smallest absolute Gasteiger partial charge is 0.269 e. The molecule has 0 aliphatic carbocycles. The van der Waals surface area contributed by atoms with Gasteiger partial charge in [-0.3, -0.25) is 10.1 Å². The van der Waals surface area contributed by atoms with Crippen LogP contribution in [0, 0.1) is 10.1 Å². The number of fused-ring (bicyclic) bond motifs is 1. The molecule has 1 unspecified atom stereocenters. The lowest BCUT2D eigenvalue weighted by Crippen LogP contribution is -2.46. The normalized spacial score (nSPS) is 27.5. The van der Waals surface area contributed by atoms with Gasteiger partial charge in [-0.05, 0) is 18.2 Å². The maximum atomic E-state index is 10.7. The van der Waals surface area contributed by atoms with Gasteiger partial charge in [-0.1, -0.05) is 36.4 Å². The number of hydrogen-bond donors (Lipinski definition) is 0. The van der Waals surface area contributed by atoms with Gasteiger partial charge in [-0.15, -0.1) is 0 Å². The molecule has 1 saturated heterocycles. The average Bonchev–Trinajstić information content (AvgIpc) is 2.69. The molecule has 0 saturated carbocycles. The summed E-state index contributed by atoms with van der Waals surface area (Å²) >= 11 is 0. The van der Waals surface area contributed by atoms with Gasteiger partial charge < -0.3 is 18.9 Å². The number of rotatable bonds is 4. The first-order valence-corrected chi connectivity index (χ1v) is 8.26. The van der Waals surface area contributed by atoms with Crippen molar-refractivity contribution in [3.05, 3.63) is 82.4 Å². The first-order valence-electron chi connectivity index (χ1n) is 8.26. The van der Waals surface area contributed by atoms with Gasteiger partial charge in [0.1, 0.15) is 18.0 Å². The molecule has 0 bridgehead atoms. The Hall–Kier alpha value is -2.74. The summed E-state index contributed by atoms with van der Waals surface area (Å²) in [7, 11) is 0. The van der Waals surface area contributed by atoms with Crippen LogP contribution in [0.4, 0.5) is 5.69 Å². The van der Waals surface area contributed by atoms with Crippen molar-refractivity contribution < 1.29 is 23.9 Å². The minimum atomic E-state index is -0.599. The van der Waals surface area contributed by atoms with Crippen LogP contribution in [-0.2, 0) is 14.2 Å². The van der Waals surface area contributed by atoms with Gasteiger partial charge in [0.05, 0.1) is 11.5 Å². The Balaban J connectivity index is 1.39. The number of nitrogens with zero attached hydrogens (tertiary/aromatic N) is 1. The van der Waals surface area contributed by atoms with E-state index in [1.807, 2.05) is 36.4 Å². The van der Waals surface area contributed by atoms with Crippen molar-refractivity contribution in [3.8, 4) is 5.75 Å². The maximum absolute atomic E-state index is 10.7. The molecular formula is C19H17NO6. The fourth-order valence-corrected chi connectivity index (χ4v) is 2.88. The summed E-state index contributed by atoms with van der Waals surface area (Å²) in [6, 6.07) is 15.6. The van der Waals surface area contributed by atoms with Crippen LogP contribution < -0.4 is 4.74 Å². The van der Waals surface area contributed by atoms with Crippen LogP contribution >= 0.6 is 0 Å². The number of hydrogen-bond acceptors (Lipinski definition) is 6. The predicted molar refractivity (Wildman–Crippen MR) is 91.5 cm³/mol. The van der Waals surface area contributed by atoms with Gasteiger partial charge in [0.15, 0.2) is 6.29 Å². The molecule has 26 heavy (non-hydrogen) atoms. The molecule has 0 N–H and O–H groups in total. The largest absolute Gasteiger partial charge is 0.461 e. The molecule has 7 heteroatoms. The van der Waals surface area contributed by atoms with E-state index in [1.54, 1.807) is 18.2 Å². The third kappa shape index (κ3) is 3.60. The van der Waals surface area contributed by atoms with Gasteiger partial charge in [-0.25, -0.2) is 0 Å². The topological polar surface area (TPSA) is 80.1 Å². The van der Waals surface area contributed by atoms with Gasteiger partial charge in [-0.2, -0.15) is 0 Å². The first kappa shape index (κ1) is 16.7. The number of non-ortho nitro benzene ring substituents is 1. The van der Waals surface area contributed by atoms with Crippen LogP contribution in [0.1, 0.15) is 11.9 Å². The molecule has 2 aromatic carbocycles. The fraction of sp³-hybridized carbons (Fsp3) is 0.263. The highest BCUT2D eigenvalue weighted by atomic mass is 16.7. The van der Waals surface area contributed by atoms with Gasteiger partial charge in [0.2, 0.25) is 6.29 Å². The molecular weight excluding hydrogens is 338 g/mol. The van der Waals surface area contributed by atoms with Crippen molar-refractivity contribution in [2.24, 2.45) is 0 Å². The van der Waals surface area contributed by atoms with Gasteiger partial charge in [0, 0.05) is 17.7 Å². The molecule has 4 rings (SSSR count). The summed E-state index contributed by atoms with van der Waals surface area (Å²) in [5, 5.41) is 10.7. The molecule has 4 atom stereocenters. The summed E-state index contributed by atoms with van der Waals surface area (Å²) in [6.07, 6.45) is 2.17. The lowest BCUT2D eigenvalue weighted by molar-refractivity contribution is -0.384. The zero-order valence-corrected chi connectivity index (χ0v) is 13.8. The molecule has 0 aromatic heterocycles. The Morgan fingerprint density at radius 3 is 2.50 bits per heavy atom. The molecule has 134 valence electrons. The van der Waals surface area contributed by atoms with Crippen LogP contribution in [0.15, 0.2) is 66.7 Å². The van der Waals surface area contributed by atoms with Crippen LogP contribution in [0.5, 0.6) is 5.75 Å². The van der Waals surface area contributed by atoms with E-state index in [-0.39, 0.29) is 17.9 Å². The van der Waals surface area contributed by atoms with Crippen molar-refractivity contribution in [3.63, 3.8) is 0 Å². The Morgan fingerprint density at radius 2 is 1.77 bits per heavy atom. The highest BCUT2D eigenvalue weighted by Crippen LogP contribution is 2.31. The summed E-state index contributed by atoms with van der Waals surface area (Å²) in [4.78, 5) is 10.2. The van der Waals surface area contributed by atoms with E-state index < -0.39 is 17.5 Å². The minimum absolute atomic E-state index is 0.0125. The fourth-order valence-electron chi connectivity index (χ4n) is 2.88. The number of benzene rings is 2. The van der Waals surface area contributed by atoms with Crippen molar-refractivity contribution in [2.75, 3.05) is 6.61 Å². The van der Waals surface area contributed by atoms with E-state index in [0.717, 1.165) is 5.56 Å². The Bertz CT molecular complexity index is 791. The van der Waals surface area contributed by atoms with E-state index in [1.165, 1.54) is 12.1 Å². The average molecular weight is 355 g/mol. The summed E-state index contributed by atoms with van der Waals surface area (Å²) in [5.74, 6) is 0.489. The van der Waals surface area contributed by atoms with Crippen LogP contribution in [0.3, 0.4) is 0 Å². The van der Waals surface area contributed by atoms with Crippen LogP contribution in [0.25, 0.3) is 0 Å². The lowest BCUT2D eigenvalue weighted by Gasteiger charge is -2.38. The number of nitro benzene ring substituents is 1. The molecule has 0 radical (unpaired) electrons. The second-order valence-corrected chi connectivity index (χ2v) is 5.97. The zero-order chi connectivity index (χ0) is 17.9. The number of ether oxygens (including phenoxy) is 4. The van der Waals surface area contributed by atoms with Crippen molar-refractivity contribution in [1.29, 1.82) is 0 Å². The molecule has 2 heterocycles. The standard InChI is InChI=1S/C19H17NO6/c21-20(22)14-6-8-15(9-7-14)24-18-11-10-16-17(25-18)12-23-19(26-16)13-4-2-1-3-5-13/h1-11,16-19H,12H2/t16-,17+,18+,19?/m0/s1. The van der Waals surface area contributed by atoms with E-state index in [0.29, 0.717) is 12.4 Å². The van der Waals surface area contributed by atoms with Crippen molar-refractivity contribution in [1.82, 2.24) is 0 Å². The highest BCUT2D eigenvalue weighted by molar-refractivity contribution is 5.36. The summed E-state index contributed by atoms with van der Waals surface area (Å²) < 4.78 is 23.3. The molecule has 2 aliphatic rings. The van der Waals surface area contributed by atoms with Crippen LogP contribution in [-0.4, -0.2) is 30.0 Å². The Morgan fingerprint density at radius 1 is 1.00 bits per heavy atom. The molecule has 0 spiro atoms. The summed E-state index contributed by atoms with van der Waals surface area (Å²) in [6.45, 7) is 0.384. The first-order chi connectivity index (χ1) is 12.7.